The van der Waals surface area contributed by atoms with Crippen LogP contribution in [0.4, 0.5) is 5.69 Å². The number of hydrogen-bond donors (Lipinski definition) is 1. The Hall–Kier alpha value is -3.15. The Morgan fingerprint density at radius 3 is 2.52 bits per heavy atom. The van der Waals surface area contributed by atoms with Gasteiger partial charge in [-0.25, -0.2) is 4.98 Å². The summed E-state index contributed by atoms with van der Waals surface area (Å²) in [6.07, 6.45) is 6.58. The fourth-order valence-electron chi connectivity index (χ4n) is 2.05. The molecule has 1 amide bonds. The van der Waals surface area contributed by atoms with Gasteiger partial charge in [0.1, 0.15) is 18.1 Å². The van der Waals surface area contributed by atoms with Crippen LogP contribution in [0.5, 0.6) is 5.75 Å². The normalized spacial score (nSPS) is 10.3. The Labute approximate surface area is 133 Å². The highest BCUT2D eigenvalue weighted by Crippen LogP contribution is 2.17. The van der Waals surface area contributed by atoms with Crippen LogP contribution >= 0.6 is 0 Å². The van der Waals surface area contributed by atoms with Gasteiger partial charge in [-0.2, -0.15) is 0 Å². The number of ether oxygens (including phenoxy) is 1. The molecule has 3 rings (SSSR count). The molecule has 0 spiro atoms. The monoisotopic (exact) mass is 308 g/mol. The van der Waals surface area contributed by atoms with E-state index in [2.05, 4.69) is 15.3 Å². The van der Waals surface area contributed by atoms with Crippen LogP contribution < -0.4 is 10.1 Å². The van der Waals surface area contributed by atoms with Gasteiger partial charge in [0.05, 0.1) is 12.5 Å². The van der Waals surface area contributed by atoms with Gasteiger partial charge in [0.2, 0.25) is 0 Å². The number of aromatic nitrogens is 3. The maximum atomic E-state index is 12.1. The van der Waals surface area contributed by atoms with E-state index in [9.17, 15) is 4.79 Å². The first-order valence-electron chi connectivity index (χ1n) is 7.12. The second-order valence-corrected chi connectivity index (χ2v) is 5.01. The molecule has 0 aliphatic heterocycles. The minimum Gasteiger partial charge on any atom is -0.489 e. The number of rotatable bonds is 5. The van der Waals surface area contributed by atoms with E-state index in [1.165, 1.54) is 6.20 Å². The number of nitrogens with one attached hydrogen (secondary N) is 1. The highest BCUT2D eigenvalue weighted by atomic mass is 16.5. The highest BCUT2D eigenvalue weighted by Gasteiger charge is 2.09. The van der Waals surface area contributed by atoms with Crippen molar-refractivity contribution in [1.29, 1.82) is 0 Å². The molecule has 0 saturated heterocycles. The average Bonchev–Trinajstić information content (AvgIpc) is 3.01. The number of benzene rings is 1. The van der Waals surface area contributed by atoms with E-state index in [-0.39, 0.29) is 5.91 Å². The predicted molar refractivity (Wildman–Crippen MR) is 86.2 cm³/mol. The Balaban J connectivity index is 1.59. The van der Waals surface area contributed by atoms with Crippen LogP contribution in [0.2, 0.25) is 0 Å². The number of aryl methyl sites for hydroxylation is 1. The number of carbonyl (C=O) groups excluding carboxylic acids is 1. The summed E-state index contributed by atoms with van der Waals surface area (Å²) < 4.78 is 7.36. The van der Waals surface area contributed by atoms with Crippen molar-refractivity contribution in [2.24, 2.45) is 7.05 Å². The molecule has 2 heterocycles. The van der Waals surface area contributed by atoms with Crippen molar-refractivity contribution >= 4 is 11.6 Å². The van der Waals surface area contributed by atoms with Gasteiger partial charge >= 0.3 is 0 Å². The van der Waals surface area contributed by atoms with Crippen LogP contribution in [0, 0.1) is 0 Å². The summed E-state index contributed by atoms with van der Waals surface area (Å²) in [5, 5.41) is 2.82. The van der Waals surface area contributed by atoms with E-state index in [1.807, 2.05) is 24.3 Å². The van der Waals surface area contributed by atoms with E-state index in [1.54, 1.807) is 42.5 Å². The Kier molecular flexibility index (Phi) is 4.33. The van der Waals surface area contributed by atoms with Gasteiger partial charge in [-0.05, 0) is 42.0 Å². The van der Waals surface area contributed by atoms with Crippen molar-refractivity contribution in [2.75, 3.05) is 5.32 Å². The maximum absolute atomic E-state index is 12.1. The number of hydrogen-bond acceptors (Lipinski definition) is 4. The molecule has 0 aliphatic rings. The maximum Gasteiger partial charge on any atom is 0.273 e. The molecular weight excluding hydrogens is 292 g/mol. The van der Waals surface area contributed by atoms with E-state index in [0.29, 0.717) is 18.0 Å². The zero-order valence-corrected chi connectivity index (χ0v) is 12.6. The topological polar surface area (TPSA) is 69.0 Å². The second kappa shape index (κ2) is 6.74. The lowest BCUT2D eigenvalue weighted by Gasteiger charge is -2.08. The third kappa shape index (κ3) is 3.74. The summed E-state index contributed by atoms with van der Waals surface area (Å²) in [5.41, 5.74) is 2.25. The fraction of sp³-hybridized carbons (Fsp3) is 0.118. The molecule has 6 heteroatoms. The SMILES string of the molecule is Cn1cncc1C(=O)Nc1ccc(OCc2ccncc2)cc1. The third-order valence-electron chi connectivity index (χ3n) is 3.32. The number of pyridine rings is 1. The molecule has 0 unspecified atom stereocenters. The first-order valence-corrected chi connectivity index (χ1v) is 7.12. The summed E-state index contributed by atoms with van der Waals surface area (Å²) in [6, 6.07) is 11.1. The summed E-state index contributed by atoms with van der Waals surface area (Å²) in [5.74, 6) is 0.538. The van der Waals surface area contributed by atoms with Crippen LogP contribution in [-0.2, 0) is 13.7 Å². The summed E-state index contributed by atoms with van der Waals surface area (Å²) in [7, 11) is 1.78. The number of nitrogens with zero attached hydrogens (tertiary/aromatic N) is 3. The zero-order chi connectivity index (χ0) is 16.1. The van der Waals surface area contributed by atoms with Crippen LogP contribution in [0.1, 0.15) is 16.1 Å². The van der Waals surface area contributed by atoms with Crippen LogP contribution in [0.3, 0.4) is 0 Å². The Bertz CT molecular complexity index is 782. The molecule has 0 aliphatic carbocycles. The smallest absolute Gasteiger partial charge is 0.273 e. The van der Waals surface area contributed by atoms with Crippen molar-refractivity contribution in [1.82, 2.24) is 14.5 Å². The summed E-state index contributed by atoms with van der Waals surface area (Å²) in [6.45, 7) is 0.475. The molecule has 0 radical (unpaired) electrons. The van der Waals surface area contributed by atoms with Crippen molar-refractivity contribution in [3.8, 4) is 5.75 Å². The lowest BCUT2D eigenvalue weighted by molar-refractivity contribution is 0.101. The van der Waals surface area contributed by atoms with Gasteiger partial charge in [-0.15, -0.1) is 0 Å². The summed E-state index contributed by atoms with van der Waals surface area (Å²) >= 11 is 0. The van der Waals surface area contributed by atoms with Gasteiger partial charge in [-0.1, -0.05) is 0 Å². The molecule has 2 aromatic heterocycles. The van der Waals surface area contributed by atoms with E-state index >= 15 is 0 Å². The highest BCUT2D eigenvalue weighted by molar-refractivity contribution is 6.02. The second-order valence-electron chi connectivity index (χ2n) is 5.01. The van der Waals surface area contributed by atoms with Crippen LogP contribution in [0.15, 0.2) is 61.3 Å². The zero-order valence-electron chi connectivity index (χ0n) is 12.6. The van der Waals surface area contributed by atoms with Gasteiger partial charge in [0.25, 0.3) is 5.91 Å². The largest absolute Gasteiger partial charge is 0.489 e. The molecule has 0 fully saturated rings. The van der Waals surface area contributed by atoms with Crippen molar-refractivity contribution < 1.29 is 9.53 Å². The predicted octanol–water partition coefficient (Wildman–Crippen LogP) is 2.65. The molecule has 0 saturated carbocycles. The third-order valence-corrected chi connectivity index (χ3v) is 3.32. The standard InChI is InChI=1S/C17H16N4O2/c1-21-12-19-10-16(21)17(22)20-14-2-4-15(5-3-14)23-11-13-6-8-18-9-7-13/h2-10,12H,11H2,1H3,(H,20,22). The first kappa shape index (κ1) is 14.8. The van der Waals surface area contributed by atoms with E-state index in [0.717, 1.165) is 11.3 Å². The van der Waals surface area contributed by atoms with Crippen molar-refractivity contribution in [2.45, 2.75) is 6.61 Å². The lowest BCUT2D eigenvalue weighted by Crippen LogP contribution is -2.15. The molecule has 3 aromatic rings. The molecule has 0 atom stereocenters. The quantitative estimate of drug-likeness (QED) is 0.786. The molecule has 23 heavy (non-hydrogen) atoms. The van der Waals surface area contributed by atoms with Crippen LogP contribution in [0.25, 0.3) is 0 Å². The first-order chi connectivity index (χ1) is 11.2. The van der Waals surface area contributed by atoms with Gasteiger partial charge in [0, 0.05) is 25.1 Å². The Morgan fingerprint density at radius 2 is 1.87 bits per heavy atom. The number of amides is 1. The minimum atomic E-state index is -0.199. The lowest BCUT2D eigenvalue weighted by atomic mass is 10.2. The van der Waals surface area contributed by atoms with Crippen LogP contribution in [-0.4, -0.2) is 20.4 Å². The number of carbonyl (C=O) groups is 1. The number of imidazole rings is 1. The molecule has 116 valence electrons. The average molecular weight is 308 g/mol. The summed E-state index contributed by atoms with van der Waals surface area (Å²) in [4.78, 5) is 20.0. The van der Waals surface area contributed by atoms with E-state index < -0.39 is 0 Å². The van der Waals surface area contributed by atoms with Gasteiger partial charge < -0.3 is 14.6 Å². The van der Waals surface area contributed by atoms with Crippen molar-refractivity contribution in [3.05, 3.63) is 72.6 Å². The van der Waals surface area contributed by atoms with Gasteiger partial charge in [0.15, 0.2) is 0 Å². The van der Waals surface area contributed by atoms with E-state index in [4.69, 9.17) is 4.74 Å². The molecular formula is C17H16N4O2. The molecule has 1 aromatic carbocycles. The van der Waals surface area contributed by atoms with Gasteiger partial charge in [-0.3, -0.25) is 9.78 Å². The van der Waals surface area contributed by atoms with Crippen molar-refractivity contribution in [3.63, 3.8) is 0 Å². The molecule has 1 N–H and O–H groups in total. The Morgan fingerprint density at radius 1 is 1.13 bits per heavy atom. The molecule has 0 bridgehead atoms. The molecule has 6 nitrogen and oxygen atoms in total. The fourth-order valence-corrected chi connectivity index (χ4v) is 2.05. The number of anilines is 1. The minimum absolute atomic E-state index is 0.199.